The van der Waals surface area contributed by atoms with E-state index in [1.807, 2.05) is 12.3 Å². The largest absolute Gasteiger partial charge is 0.352 e. The highest BCUT2D eigenvalue weighted by molar-refractivity contribution is 5.82. The second-order valence-electron chi connectivity index (χ2n) is 6.33. The van der Waals surface area contributed by atoms with Gasteiger partial charge in [0.2, 0.25) is 5.91 Å². The van der Waals surface area contributed by atoms with Gasteiger partial charge in [-0.2, -0.15) is 0 Å². The summed E-state index contributed by atoms with van der Waals surface area (Å²) in [6.07, 6.45) is 14.5. The molecule has 1 saturated heterocycles. The minimum absolute atomic E-state index is 0.0138. The van der Waals surface area contributed by atoms with Crippen LogP contribution in [-0.2, 0) is 11.3 Å². The number of amides is 1. The van der Waals surface area contributed by atoms with Crippen LogP contribution in [0.15, 0.2) is 36.7 Å². The van der Waals surface area contributed by atoms with Crippen molar-refractivity contribution in [2.24, 2.45) is 0 Å². The number of rotatable bonds is 4. The van der Waals surface area contributed by atoms with E-state index in [-0.39, 0.29) is 11.9 Å². The Bertz CT molecular complexity index is 514. The highest BCUT2D eigenvalue weighted by Crippen LogP contribution is 2.20. The molecule has 0 aromatic carbocycles. The predicted molar refractivity (Wildman–Crippen MR) is 87.2 cm³/mol. The van der Waals surface area contributed by atoms with Crippen molar-refractivity contribution >= 4 is 5.91 Å². The fourth-order valence-electron chi connectivity index (χ4n) is 3.43. The number of nitrogens with zero attached hydrogens (tertiary/aromatic N) is 2. The molecule has 3 rings (SSSR count). The van der Waals surface area contributed by atoms with Crippen molar-refractivity contribution in [3.63, 3.8) is 0 Å². The number of nitrogens with one attached hydrogen (secondary N) is 1. The molecular formula is C18H25N3O. The maximum Gasteiger partial charge on any atom is 0.237 e. The normalized spacial score (nSPS) is 25.8. The molecular weight excluding hydrogens is 274 g/mol. The molecule has 118 valence electrons. The van der Waals surface area contributed by atoms with Gasteiger partial charge in [0.15, 0.2) is 0 Å². The van der Waals surface area contributed by atoms with Crippen LogP contribution in [0.25, 0.3) is 0 Å². The number of allylic oxidation sites excluding steroid dienone is 1. The van der Waals surface area contributed by atoms with Crippen molar-refractivity contribution in [2.75, 3.05) is 6.54 Å². The fraction of sp³-hybridized carbons (Fsp3) is 0.556. The second-order valence-corrected chi connectivity index (χ2v) is 6.33. The number of piperidine rings is 1. The molecule has 1 amide bonds. The molecule has 4 heteroatoms. The Balaban J connectivity index is 1.61. The molecule has 0 radical (unpaired) electrons. The lowest BCUT2D eigenvalue weighted by Crippen LogP contribution is -2.51. The van der Waals surface area contributed by atoms with Crippen molar-refractivity contribution in [1.82, 2.24) is 15.2 Å². The molecule has 1 aliphatic carbocycles. The number of likely N-dealkylation sites (tertiary alicyclic amines) is 1. The molecule has 0 spiro atoms. The van der Waals surface area contributed by atoms with E-state index in [1.54, 1.807) is 6.20 Å². The van der Waals surface area contributed by atoms with Crippen molar-refractivity contribution in [3.05, 3.63) is 42.2 Å². The summed E-state index contributed by atoms with van der Waals surface area (Å²) >= 11 is 0. The van der Waals surface area contributed by atoms with E-state index in [4.69, 9.17) is 0 Å². The molecule has 1 aromatic heterocycles. The molecule has 1 fully saturated rings. The summed E-state index contributed by atoms with van der Waals surface area (Å²) in [5.74, 6) is 0.212. The van der Waals surface area contributed by atoms with Gasteiger partial charge in [0.1, 0.15) is 0 Å². The van der Waals surface area contributed by atoms with Gasteiger partial charge >= 0.3 is 0 Å². The maximum atomic E-state index is 12.7. The maximum absolute atomic E-state index is 12.7. The number of hydrogen-bond donors (Lipinski definition) is 1. The van der Waals surface area contributed by atoms with Crippen LogP contribution in [0.2, 0.25) is 0 Å². The average Bonchev–Trinajstić information content (AvgIpc) is 2.57. The van der Waals surface area contributed by atoms with Crippen LogP contribution >= 0.6 is 0 Å². The summed E-state index contributed by atoms with van der Waals surface area (Å²) in [5.41, 5.74) is 1.18. The average molecular weight is 299 g/mol. The minimum atomic E-state index is 0.0138. The van der Waals surface area contributed by atoms with Gasteiger partial charge < -0.3 is 5.32 Å². The topological polar surface area (TPSA) is 45.2 Å². The van der Waals surface area contributed by atoms with Crippen LogP contribution in [0.3, 0.4) is 0 Å². The predicted octanol–water partition coefficient (Wildman–Crippen LogP) is 2.66. The van der Waals surface area contributed by atoms with Gasteiger partial charge in [-0.1, -0.05) is 24.6 Å². The van der Waals surface area contributed by atoms with Gasteiger partial charge in [-0.3, -0.25) is 14.7 Å². The van der Waals surface area contributed by atoms with Crippen LogP contribution in [0, 0.1) is 0 Å². The van der Waals surface area contributed by atoms with Gasteiger partial charge in [0.05, 0.1) is 6.04 Å². The number of hydrogen-bond acceptors (Lipinski definition) is 3. The quantitative estimate of drug-likeness (QED) is 0.869. The van der Waals surface area contributed by atoms with Crippen molar-refractivity contribution < 1.29 is 4.79 Å². The van der Waals surface area contributed by atoms with Crippen LogP contribution in [-0.4, -0.2) is 34.4 Å². The second kappa shape index (κ2) is 7.54. The Hall–Kier alpha value is -1.68. The standard InChI is InChI=1S/C18H25N3O/c22-18(20-16-8-2-1-3-9-16)17-10-4-5-12-21(17)14-15-7-6-11-19-13-15/h1-2,6-7,11,13,16-17H,3-5,8-10,12,14H2,(H,20,22)/t16-,17+/m1/s1. The van der Waals surface area contributed by atoms with Crippen molar-refractivity contribution in [1.29, 1.82) is 0 Å². The fourth-order valence-corrected chi connectivity index (χ4v) is 3.43. The number of carbonyl (C=O) groups is 1. The Morgan fingerprint density at radius 2 is 2.27 bits per heavy atom. The van der Waals surface area contributed by atoms with Crippen LogP contribution < -0.4 is 5.32 Å². The zero-order valence-electron chi connectivity index (χ0n) is 13.1. The number of aromatic nitrogens is 1. The van der Waals surface area contributed by atoms with Gasteiger partial charge in [-0.25, -0.2) is 0 Å². The lowest BCUT2D eigenvalue weighted by Gasteiger charge is -2.35. The third-order valence-corrected chi connectivity index (χ3v) is 4.64. The first kappa shape index (κ1) is 15.2. The molecule has 1 N–H and O–H groups in total. The monoisotopic (exact) mass is 299 g/mol. The highest BCUT2D eigenvalue weighted by atomic mass is 16.2. The van der Waals surface area contributed by atoms with E-state index in [0.29, 0.717) is 6.04 Å². The summed E-state index contributed by atoms with van der Waals surface area (Å²) in [5, 5.41) is 3.26. The molecule has 2 aliphatic rings. The summed E-state index contributed by atoms with van der Waals surface area (Å²) < 4.78 is 0. The molecule has 0 saturated carbocycles. The number of pyridine rings is 1. The van der Waals surface area contributed by atoms with Crippen LogP contribution in [0.4, 0.5) is 0 Å². The molecule has 1 aliphatic heterocycles. The summed E-state index contributed by atoms with van der Waals surface area (Å²) in [4.78, 5) is 19.2. The first-order chi connectivity index (χ1) is 10.8. The molecule has 0 unspecified atom stereocenters. The molecule has 22 heavy (non-hydrogen) atoms. The first-order valence-corrected chi connectivity index (χ1v) is 8.41. The van der Waals surface area contributed by atoms with Gasteiger partial charge in [0, 0.05) is 25.0 Å². The van der Waals surface area contributed by atoms with Gasteiger partial charge in [0.25, 0.3) is 0 Å². The van der Waals surface area contributed by atoms with Crippen molar-refractivity contribution in [2.45, 2.75) is 57.2 Å². The third-order valence-electron chi connectivity index (χ3n) is 4.64. The Morgan fingerprint density at radius 1 is 1.32 bits per heavy atom. The van der Waals surface area contributed by atoms with Gasteiger partial charge in [-0.15, -0.1) is 0 Å². The van der Waals surface area contributed by atoms with E-state index in [9.17, 15) is 4.79 Å². The molecule has 1 aromatic rings. The van der Waals surface area contributed by atoms with Crippen molar-refractivity contribution in [3.8, 4) is 0 Å². The summed E-state index contributed by atoms with van der Waals surface area (Å²) in [6, 6.07) is 4.38. The number of carbonyl (C=O) groups excluding carboxylic acids is 1. The molecule has 0 bridgehead atoms. The molecule has 2 heterocycles. The van der Waals surface area contributed by atoms with E-state index >= 15 is 0 Å². The minimum Gasteiger partial charge on any atom is -0.352 e. The summed E-state index contributed by atoms with van der Waals surface area (Å²) in [6.45, 7) is 1.81. The van der Waals surface area contributed by atoms with Gasteiger partial charge in [-0.05, 0) is 50.3 Å². The van der Waals surface area contributed by atoms with Crippen LogP contribution in [0.5, 0.6) is 0 Å². The zero-order chi connectivity index (χ0) is 15.2. The highest BCUT2D eigenvalue weighted by Gasteiger charge is 2.29. The van der Waals surface area contributed by atoms with E-state index in [2.05, 4.69) is 33.4 Å². The zero-order valence-corrected chi connectivity index (χ0v) is 13.1. The SMILES string of the molecule is O=C(N[C@@H]1CC=CCC1)[C@@H]1CCCCN1Cc1cccnc1. The molecule has 2 atom stereocenters. The van der Waals surface area contributed by atoms with E-state index in [0.717, 1.165) is 45.2 Å². The Kier molecular flexibility index (Phi) is 5.22. The van der Waals surface area contributed by atoms with E-state index in [1.165, 1.54) is 12.0 Å². The third kappa shape index (κ3) is 3.95. The lowest BCUT2D eigenvalue weighted by molar-refractivity contribution is -0.128. The smallest absolute Gasteiger partial charge is 0.237 e. The first-order valence-electron chi connectivity index (χ1n) is 8.41. The van der Waals surface area contributed by atoms with E-state index < -0.39 is 0 Å². The molecule has 4 nitrogen and oxygen atoms in total. The Labute approximate surface area is 132 Å². The summed E-state index contributed by atoms with van der Waals surface area (Å²) in [7, 11) is 0. The van der Waals surface area contributed by atoms with Crippen LogP contribution in [0.1, 0.15) is 44.1 Å². The lowest BCUT2D eigenvalue weighted by atomic mass is 9.98. The Morgan fingerprint density at radius 3 is 3.05 bits per heavy atom.